The van der Waals surface area contributed by atoms with Crippen molar-refractivity contribution < 1.29 is 8.78 Å². The van der Waals surface area contributed by atoms with Crippen molar-refractivity contribution in [1.82, 2.24) is 10.2 Å². The number of rotatable bonds is 3. The monoisotopic (exact) mass is 654 g/mol. The molecule has 11 heteroatoms. The summed E-state index contributed by atoms with van der Waals surface area (Å²) in [5.74, 6) is -0.385. The number of hydrogen-bond donors (Lipinski definition) is 3. The summed E-state index contributed by atoms with van der Waals surface area (Å²) < 4.78 is 25.5. The Labute approximate surface area is 255 Å². The first kappa shape index (κ1) is 30.6. The molecular formula is C30H29BrF2N6S2. The molecule has 41 heavy (non-hydrogen) atoms. The minimum Gasteiger partial charge on any atom is -0.389 e. The SMILES string of the molecule is Fc1cccc(CBr)c1.N#Cc1c(N)sc2c1CN(Cc1cccc(F)c1)CC2.N#Cc1c(N)sc2c1CNCC2. The Morgan fingerprint density at radius 3 is 2.05 bits per heavy atom. The van der Waals surface area contributed by atoms with Gasteiger partial charge in [0.25, 0.3) is 0 Å². The molecule has 2 aliphatic heterocycles. The van der Waals surface area contributed by atoms with E-state index in [0.717, 1.165) is 54.7 Å². The molecule has 0 atom stereocenters. The lowest BCUT2D eigenvalue weighted by molar-refractivity contribution is 0.247. The van der Waals surface area contributed by atoms with Gasteiger partial charge in [0.2, 0.25) is 0 Å². The van der Waals surface area contributed by atoms with Gasteiger partial charge in [0.1, 0.15) is 33.8 Å². The van der Waals surface area contributed by atoms with Crippen LogP contribution in [-0.2, 0) is 37.8 Å². The molecule has 2 aromatic carbocycles. The maximum atomic E-state index is 13.2. The van der Waals surface area contributed by atoms with Crippen molar-refractivity contribution in [2.24, 2.45) is 0 Å². The van der Waals surface area contributed by atoms with E-state index in [1.165, 1.54) is 39.3 Å². The second-order valence-electron chi connectivity index (χ2n) is 9.49. The van der Waals surface area contributed by atoms with Gasteiger partial charge in [-0.2, -0.15) is 10.5 Å². The smallest absolute Gasteiger partial charge is 0.123 e. The van der Waals surface area contributed by atoms with Crippen LogP contribution in [0.5, 0.6) is 0 Å². The van der Waals surface area contributed by atoms with Crippen LogP contribution in [0.4, 0.5) is 18.8 Å². The second-order valence-corrected chi connectivity index (χ2v) is 12.3. The third-order valence-corrected chi connectivity index (χ3v) is 9.55. The van der Waals surface area contributed by atoms with Crippen molar-refractivity contribution in [3.63, 3.8) is 0 Å². The van der Waals surface area contributed by atoms with Gasteiger partial charge in [-0.3, -0.25) is 4.90 Å². The minimum absolute atomic E-state index is 0.174. The van der Waals surface area contributed by atoms with Crippen LogP contribution in [0.25, 0.3) is 0 Å². The van der Waals surface area contributed by atoms with E-state index in [2.05, 4.69) is 38.3 Å². The topological polar surface area (TPSA) is 115 Å². The summed E-state index contributed by atoms with van der Waals surface area (Å²) in [6.45, 7) is 4.11. The lowest BCUT2D eigenvalue weighted by Crippen LogP contribution is -2.29. The summed E-state index contributed by atoms with van der Waals surface area (Å²) in [4.78, 5) is 4.72. The lowest BCUT2D eigenvalue weighted by Gasteiger charge is -2.27. The Hall–Kier alpha value is -3.32. The molecule has 212 valence electrons. The Morgan fingerprint density at radius 2 is 1.46 bits per heavy atom. The van der Waals surface area contributed by atoms with E-state index in [0.29, 0.717) is 39.5 Å². The fourth-order valence-electron chi connectivity index (χ4n) is 4.70. The summed E-state index contributed by atoms with van der Waals surface area (Å²) >= 11 is 6.30. The van der Waals surface area contributed by atoms with Gasteiger partial charge in [0.15, 0.2) is 0 Å². The normalized spacial score (nSPS) is 13.8. The van der Waals surface area contributed by atoms with Gasteiger partial charge in [-0.1, -0.05) is 40.2 Å². The molecule has 0 saturated carbocycles. The molecule has 0 bridgehead atoms. The van der Waals surface area contributed by atoms with Crippen molar-refractivity contribution in [2.45, 2.75) is 37.8 Å². The van der Waals surface area contributed by atoms with Crippen molar-refractivity contribution in [1.29, 1.82) is 10.5 Å². The molecule has 6 nitrogen and oxygen atoms in total. The first-order valence-electron chi connectivity index (χ1n) is 12.9. The van der Waals surface area contributed by atoms with Crippen molar-refractivity contribution in [2.75, 3.05) is 24.6 Å². The first-order valence-corrected chi connectivity index (χ1v) is 15.7. The molecule has 2 aromatic heterocycles. The van der Waals surface area contributed by atoms with Crippen LogP contribution in [0.1, 0.15) is 43.1 Å². The largest absolute Gasteiger partial charge is 0.389 e. The summed E-state index contributed by atoms with van der Waals surface area (Å²) in [5, 5.41) is 23.2. The lowest BCUT2D eigenvalue weighted by atomic mass is 10.0. The molecule has 0 saturated heterocycles. The van der Waals surface area contributed by atoms with Crippen LogP contribution >= 0.6 is 38.6 Å². The molecule has 0 unspecified atom stereocenters. The van der Waals surface area contributed by atoms with Crippen LogP contribution in [-0.4, -0.2) is 18.0 Å². The van der Waals surface area contributed by atoms with Gasteiger partial charge in [-0.05, 0) is 53.8 Å². The Morgan fingerprint density at radius 1 is 0.878 bits per heavy atom. The van der Waals surface area contributed by atoms with Crippen molar-refractivity contribution in [3.8, 4) is 12.1 Å². The maximum absolute atomic E-state index is 13.2. The van der Waals surface area contributed by atoms with Gasteiger partial charge < -0.3 is 16.8 Å². The molecule has 0 spiro atoms. The number of fused-ring (bicyclic) bond motifs is 2. The van der Waals surface area contributed by atoms with E-state index < -0.39 is 0 Å². The zero-order valence-electron chi connectivity index (χ0n) is 22.2. The number of nitrogen functional groups attached to an aromatic ring is 2. The van der Waals surface area contributed by atoms with E-state index >= 15 is 0 Å². The maximum Gasteiger partial charge on any atom is 0.123 e. The molecule has 0 radical (unpaired) electrons. The molecular weight excluding hydrogens is 626 g/mol. The number of hydrogen-bond acceptors (Lipinski definition) is 8. The average molecular weight is 656 g/mol. The fraction of sp³-hybridized carbons (Fsp3) is 0.267. The number of nitrogens with one attached hydrogen (secondary N) is 1. The van der Waals surface area contributed by atoms with Crippen LogP contribution in [0.15, 0.2) is 48.5 Å². The molecule has 0 aliphatic carbocycles. The highest BCUT2D eigenvalue weighted by Gasteiger charge is 2.23. The molecule has 4 heterocycles. The molecule has 2 aliphatic rings. The number of anilines is 2. The van der Waals surface area contributed by atoms with E-state index in [1.807, 2.05) is 12.1 Å². The van der Waals surface area contributed by atoms with Crippen LogP contribution in [0.2, 0.25) is 0 Å². The number of halogens is 3. The number of nitrogens with zero attached hydrogens (tertiary/aromatic N) is 3. The van der Waals surface area contributed by atoms with E-state index in [4.69, 9.17) is 16.7 Å². The predicted molar refractivity (Wildman–Crippen MR) is 166 cm³/mol. The number of benzene rings is 2. The van der Waals surface area contributed by atoms with Gasteiger partial charge in [-0.15, -0.1) is 22.7 Å². The van der Waals surface area contributed by atoms with Gasteiger partial charge in [0, 0.05) is 53.4 Å². The standard InChI is InChI=1S/C15H14FN3S.C8H9N3S.C7H6BrF/c16-11-3-1-2-10(6-11)8-19-5-4-14-13(9-19)12(7-17)15(18)20-14;9-3-5-6-4-11-2-1-7(6)12-8(5)10;8-5-6-2-1-3-7(9)4-6/h1-3,6H,4-5,8-9,18H2;11H,1-2,4,10H2;1-4H,5H2. The highest BCUT2D eigenvalue weighted by atomic mass is 79.9. The third kappa shape index (κ3) is 7.91. The minimum atomic E-state index is -0.210. The molecule has 0 fully saturated rings. The Balaban J connectivity index is 0.000000156. The van der Waals surface area contributed by atoms with Crippen LogP contribution < -0.4 is 16.8 Å². The van der Waals surface area contributed by atoms with Gasteiger partial charge in [0.05, 0.1) is 11.1 Å². The third-order valence-electron chi connectivity index (χ3n) is 6.67. The molecule has 5 N–H and O–H groups in total. The zero-order valence-corrected chi connectivity index (χ0v) is 25.4. The van der Waals surface area contributed by atoms with E-state index in [1.54, 1.807) is 29.5 Å². The second kappa shape index (κ2) is 14.5. The number of nitrogens with two attached hydrogens (primary N) is 2. The fourth-order valence-corrected chi connectivity index (χ4v) is 7.10. The van der Waals surface area contributed by atoms with Crippen LogP contribution in [0.3, 0.4) is 0 Å². The molecule has 4 aromatic rings. The average Bonchev–Trinajstić information content (AvgIpc) is 3.47. The summed E-state index contributed by atoms with van der Waals surface area (Å²) in [6.07, 6.45) is 1.91. The summed E-state index contributed by atoms with van der Waals surface area (Å²) in [6, 6.07) is 17.5. The predicted octanol–water partition coefficient (Wildman–Crippen LogP) is 6.47. The molecule has 0 amide bonds. The molecule has 6 rings (SSSR count). The quantitative estimate of drug-likeness (QED) is 0.218. The Bertz CT molecular complexity index is 1590. The first-order chi connectivity index (χ1) is 19.8. The Kier molecular flexibility index (Phi) is 10.9. The van der Waals surface area contributed by atoms with Crippen molar-refractivity contribution in [3.05, 3.63) is 103 Å². The van der Waals surface area contributed by atoms with Gasteiger partial charge in [-0.25, -0.2) is 8.78 Å². The highest BCUT2D eigenvalue weighted by molar-refractivity contribution is 9.08. The zero-order chi connectivity index (χ0) is 29.4. The van der Waals surface area contributed by atoms with Crippen LogP contribution in [0, 0.1) is 34.3 Å². The summed E-state index contributed by atoms with van der Waals surface area (Å²) in [7, 11) is 0. The van der Waals surface area contributed by atoms with E-state index in [9.17, 15) is 14.0 Å². The number of alkyl halides is 1. The number of nitriles is 2. The van der Waals surface area contributed by atoms with Gasteiger partial charge >= 0.3 is 0 Å². The number of thiophene rings is 2. The van der Waals surface area contributed by atoms with E-state index in [-0.39, 0.29) is 11.6 Å². The summed E-state index contributed by atoms with van der Waals surface area (Å²) in [5.41, 5.74) is 17.0. The highest BCUT2D eigenvalue weighted by Crippen LogP contribution is 2.35. The van der Waals surface area contributed by atoms with Crippen molar-refractivity contribution >= 4 is 48.6 Å².